The first-order chi connectivity index (χ1) is 11.6. The highest BCUT2D eigenvalue weighted by atomic mass is 35.5. The summed E-state index contributed by atoms with van der Waals surface area (Å²) in [5.41, 5.74) is 0.451. The van der Waals surface area contributed by atoms with Crippen molar-refractivity contribution in [3.8, 4) is 17.0 Å². The van der Waals surface area contributed by atoms with Gasteiger partial charge in [0.15, 0.2) is 0 Å². The van der Waals surface area contributed by atoms with Crippen molar-refractivity contribution in [2.45, 2.75) is 31.8 Å². The Labute approximate surface area is 147 Å². The molecule has 1 aliphatic rings. The van der Waals surface area contributed by atoms with Crippen molar-refractivity contribution >= 4 is 29.0 Å². The summed E-state index contributed by atoms with van der Waals surface area (Å²) in [4.78, 5) is 8.22. The topological polar surface area (TPSA) is 52.3 Å². The molecule has 0 saturated heterocycles. The van der Waals surface area contributed by atoms with E-state index in [0.717, 1.165) is 25.7 Å². The van der Waals surface area contributed by atoms with Crippen LogP contribution in [-0.4, -0.2) is 25.7 Å². The van der Waals surface area contributed by atoms with Crippen LogP contribution in [0.3, 0.4) is 0 Å². The van der Waals surface area contributed by atoms with Crippen LogP contribution in [0, 0.1) is 5.82 Å². The SMILES string of the molecule is Fc1cccc(Cl)c1-c1c(Cl)nc2ncnn2c1OC1CCCC1. The fourth-order valence-corrected chi connectivity index (χ4v) is 3.52. The molecule has 4 rings (SSSR count). The third-order valence-electron chi connectivity index (χ3n) is 4.13. The van der Waals surface area contributed by atoms with Crippen LogP contribution in [-0.2, 0) is 0 Å². The van der Waals surface area contributed by atoms with Gasteiger partial charge in [-0.3, -0.25) is 0 Å². The van der Waals surface area contributed by atoms with Gasteiger partial charge in [-0.2, -0.15) is 19.6 Å². The highest BCUT2D eigenvalue weighted by Crippen LogP contribution is 2.41. The summed E-state index contributed by atoms with van der Waals surface area (Å²) < 4.78 is 22.0. The number of aromatic nitrogens is 4. The lowest BCUT2D eigenvalue weighted by Crippen LogP contribution is -2.15. The summed E-state index contributed by atoms with van der Waals surface area (Å²) in [7, 11) is 0. The zero-order valence-electron chi connectivity index (χ0n) is 12.5. The van der Waals surface area contributed by atoms with E-state index >= 15 is 0 Å². The smallest absolute Gasteiger partial charge is 0.256 e. The molecule has 5 nitrogen and oxygen atoms in total. The summed E-state index contributed by atoms with van der Waals surface area (Å²) in [5.74, 6) is 0.118. The number of ether oxygens (including phenoxy) is 1. The lowest BCUT2D eigenvalue weighted by Gasteiger charge is -2.18. The van der Waals surface area contributed by atoms with Crippen molar-refractivity contribution in [1.29, 1.82) is 0 Å². The van der Waals surface area contributed by atoms with Gasteiger partial charge in [-0.25, -0.2) is 4.39 Å². The van der Waals surface area contributed by atoms with E-state index in [1.54, 1.807) is 6.07 Å². The number of hydrogen-bond acceptors (Lipinski definition) is 4. The molecule has 3 aromatic rings. The molecule has 1 saturated carbocycles. The van der Waals surface area contributed by atoms with Gasteiger partial charge in [0.1, 0.15) is 23.4 Å². The van der Waals surface area contributed by atoms with Crippen molar-refractivity contribution in [1.82, 2.24) is 19.6 Å². The number of nitrogens with zero attached hydrogens (tertiary/aromatic N) is 4. The minimum Gasteiger partial charge on any atom is -0.474 e. The van der Waals surface area contributed by atoms with Crippen LogP contribution in [0.25, 0.3) is 16.9 Å². The van der Waals surface area contributed by atoms with Gasteiger partial charge in [0.2, 0.25) is 5.88 Å². The number of hydrogen-bond donors (Lipinski definition) is 0. The molecular weight excluding hydrogens is 354 g/mol. The molecule has 0 spiro atoms. The minimum atomic E-state index is -0.498. The van der Waals surface area contributed by atoms with Crippen LogP contribution >= 0.6 is 23.2 Å². The monoisotopic (exact) mass is 366 g/mol. The van der Waals surface area contributed by atoms with E-state index in [4.69, 9.17) is 27.9 Å². The first-order valence-corrected chi connectivity index (χ1v) is 8.41. The third kappa shape index (κ3) is 2.59. The van der Waals surface area contributed by atoms with Crippen LogP contribution in [0.15, 0.2) is 24.5 Å². The number of benzene rings is 1. The quantitative estimate of drug-likeness (QED) is 0.637. The largest absolute Gasteiger partial charge is 0.474 e. The van der Waals surface area contributed by atoms with Crippen LogP contribution in [0.5, 0.6) is 5.88 Å². The number of rotatable bonds is 3. The molecule has 0 N–H and O–H groups in total. The maximum Gasteiger partial charge on any atom is 0.256 e. The molecule has 1 aromatic carbocycles. The predicted octanol–water partition coefficient (Wildman–Crippen LogP) is 4.56. The van der Waals surface area contributed by atoms with Gasteiger partial charge in [0, 0.05) is 5.56 Å². The highest BCUT2D eigenvalue weighted by molar-refractivity contribution is 6.36. The second-order valence-electron chi connectivity index (χ2n) is 5.68. The molecule has 1 fully saturated rings. The van der Waals surface area contributed by atoms with Crippen molar-refractivity contribution in [2.24, 2.45) is 0 Å². The molecule has 0 aliphatic heterocycles. The minimum absolute atomic E-state index is 0.0279. The van der Waals surface area contributed by atoms with Crippen LogP contribution in [0.4, 0.5) is 4.39 Å². The maximum atomic E-state index is 14.5. The van der Waals surface area contributed by atoms with Gasteiger partial charge < -0.3 is 4.74 Å². The average molecular weight is 367 g/mol. The van der Waals surface area contributed by atoms with Crippen molar-refractivity contribution in [2.75, 3.05) is 0 Å². The summed E-state index contributed by atoms with van der Waals surface area (Å²) in [6.45, 7) is 0. The first kappa shape index (κ1) is 15.6. The molecule has 2 heterocycles. The Kier molecular flexibility index (Phi) is 4.02. The summed E-state index contributed by atoms with van der Waals surface area (Å²) in [6.07, 6.45) is 5.44. The lowest BCUT2D eigenvalue weighted by atomic mass is 10.1. The van der Waals surface area contributed by atoms with Crippen molar-refractivity contribution < 1.29 is 9.13 Å². The molecule has 0 atom stereocenters. The van der Waals surface area contributed by atoms with E-state index in [0.29, 0.717) is 17.2 Å². The molecule has 0 amide bonds. The van der Waals surface area contributed by atoms with Gasteiger partial charge in [-0.1, -0.05) is 29.3 Å². The zero-order valence-corrected chi connectivity index (χ0v) is 14.1. The van der Waals surface area contributed by atoms with Gasteiger partial charge in [0.05, 0.1) is 10.6 Å². The van der Waals surface area contributed by atoms with Crippen LogP contribution < -0.4 is 4.74 Å². The molecule has 0 unspecified atom stereocenters. The molecule has 2 aromatic heterocycles. The van der Waals surface area contributed by atoms with Gasteiger partial charge in [-0.15, -0.1) is 0 Å². The average Bonchev–Trinajstić information content (AvgIpc) is 3.20. The van der Waals surface area contributed by atoms with Crippen molar-refractivity contribution in [3.63, 3.8) is 0 Å². The van der Waals surface area contributed by atoms with Crippen molar-refractivity contribution in [3.05, 3.63) is 40.5 Å². The molecule has 124 valence electrons. The van der Waals surface area contributed by atoms with E-state index in [9.17, 15) is 4.39 Å². The first-order valence-electron chi connectivity index (χ1n) is 7.65. The summed E-state index contributed by atoms with van der Waals surface area (Å²) in [5, 5.41) is 4.45. The Bertz CT molecular complexity index is 888. The third-order valence-corrected chi connectivity index (χ3v) is 4.72. The second kappa shape index (κ2) is 6.18. The summed E-state index contributed by atoms with van der Waals surface area (Å²) in [6, 6.07) is 4.46. The molecule has 24 heavy (non-hydrogen) atoms. The molecule has 0 bridgehead atoms. The Morgan fingerprint density at radius 1 is 1.17 bits per heavy atom. The standard InChI is InChI=1S/C16H13Cl2FN4O/c17-10-6-3-7-11(19)12(10)13-14(18)22-16-20-8-21-23(16)15(13)24-9-4-1-2-5-9/h3,6-9H,1-2,4-5H2. The molecular formula is C16H13Cl2FN4O. The molecule has 0 radical (unpaired) electrons. The maximum absolute atomic E-state index is 14.5. The van der Waals surface area contributed by atoms with E-state index in [-0.39, 0.29) is 21.8 Å². The highest BCUT2D eigenvalue weighted by Gasteiger charge is 2.26. The van der Waals surface area contributed by atoms with Gasteiger partial charge in [0.25, 0.3) is 5.78 Å². The van der Waals surface area contributed by atoms with Crippen LogP contribution in [0.1, 0.15) is 25.7 Å². The van der Waals surface area contributed by atoms with Gasteiger partial charge in [-0.05, 0) is 37.8 Å². The van der Waals surface area contributed by atoms with E-state index in [1.165, 1.54) is 23.0 Å². The van der Waals surface area contributed by atoms with E-state index < -0.39 is 5.82 Å². The number of halogens is 3. The second-order valence-corrected chi connectivity index (χ2v) is 6.44. The normalized spacial score (nSPS) is 15.3. The van der Waals surface area contributed by atoms with Gasteiger partial charge >= 0.3 is 0 Å². The lowest BCUT2D eigenvalue weighted by molar-refractivity contribution is 0.197. The number of fused-ring (bicyclic) bond motifs is 1. The van der Waals surface area contributed by atoms with E-state index in [1.807, 2.05) is 0 Å². The van der Waals surface area contributed by atoms with E-state index in [2.05, 4.69) is 15.1 Å². The molecule has 1 aliphatic carbocycles. The Hall–Kier alpha value is -1.92. The fourth-order valence-electron chi connectivity index (χ4n) is 3.01. The zero-order chi connectivity index (χ0) is 16.7. The Balaban J connectivity index is 1.97. The Morgan fingerprint density at radius 3 is 2.71 bits per heavy atom. The fraction of sp³-hybridized carbons (Fsp3) is 0.312. The molecule has 8 heteroatoms. The Morgan fingerprint density at radius 2 is 1.96 bits per heavy atom. The summed E-state index contributed by atoms with van der Waals surface area (Å²) >= 11 is 12.6. The predicted molar refractivity (Wildman–Crippen MR) is 89.1 cm³/mol. The van der Waals surface area contributed by atoms with Crippen LogP contribution in [0.2, 0.25) is 10.2 Å².